The molecule has 0 unspecified atom stereocenters. The van der Waals surface area contributed by atoms with Gasteiger partial charge in [-0.05, 0) is 42.8 Å². The highest BCUT2D eigenvalue weighted by Crippen LogP contribution is 2.31. The summed E-state index contributed by atoms with van der Waals surface area (Å²) in [5.41, 5.74) is -0.0287. The maximum atomic E-state index is 12.9. The van der Waals surface area contributed by atoms with E-state index in [-0.39, 0.29) is 38.7 Å². The molecule has 1 aliphatic heterocycles. The third kappa shape index (κ3) is 5.11. The number of sulfonamides is 1. The Morgan fingerprint density at radius 2 is 1.70 bits per heavy atom. The van der Waals surface area contributed by atoms with Gasteiger partial charge in [-0.2, -0.15) is 17.5 Å². The van der Waals surface area contributed by atoms with Crippen molar-refractivity contribution in [1.29, 1.82) is 0 Å². The smallest absolute Gasteiger partial charge is 0.416 e. The monoisotopic (exact) mass is 442 g/mol. The van der Waals surface area contributed by atoms with Crippen molar-refractivity contribution in [3.63, 3.8) is 0 Å². The molecule has 1 fully saturated rings. The average Bonchev–Trinajstić information content (AvgIpc) is 2.71. The molecule has 6 nitrogen and oxygen atoms in total. The van der Waals surface area contributed by atoms with Crippen molar-refractivity contribution in [2.24, 2.45) is 0 Å². The van der Waals surface area contributed by atoms with Crippen LogP contribution in [0.1, 0.15) is 11.1 Å². The molecule has 30 heavy (non-hydrogen) atoms. The lowest BCUT2D eigenvalue weighted by atomic mass is 10.2. The van der Waals surface area contributed by atoms with E-state index >= 15 is 0 Å². The highest BCUT2D eigenvalue weighted by molar-refractivity contribution is 7.89. The number of benzene rings is 2. The van der Waals surface area contributed by atoms with Crippen LogP contribution in [0, 0.1) is 6.92 Å². The Kier molecular flexibility index (Phi) is 6.37. The maximum Gasteiger partial charge on any atom is 0.416 e. The summed E-state index contributed by atoms with van der Waals surface area (Å²) >= 11 is 0. The molecule has 1 aliphatic rings. The summed E-state index contributed by atoms with van der Waals surface area (Å²) in [6.45, 7) is 1.98. The van der Waals surface area contributed by atoms with Crippen LogP contribution < -0.4 is 4.74 Å². The van der Waals surface area contributed by atoms with E-state index in [0.717, 1.165) is 28.1 Å². The van der Waals surface area contributed by atoms with Crippen molar-refractivity contribution in [2.75, 3.05) is 32.8 Å². The summed E-state index contributed by atoms with van der Waals surface area (Å²) in [5, 5.41) is 0. The van der Waals surface area contributed by atoms with Crippen molar-refractivity contribution in [3.8, 4) is 5.75 Å². The molecule has 1 saturated heterocycles. The minimum atomic E-state index is -4.63. The number of nitrogens with zero attached hydrogens (tertiary/aromatic N) is 2. The SMILES string of the molecule is Cc1cccc(OCC(=O)N2CCN(S(=O)(=O)c3cccc(C(F)(F)F)c3)CC2)c1. The van der Waals surface area contributed by atoms with Gasteiger partial charge >= 0.3 is 6.18 Å². The van der Waals surface area contributed by atoms with E-state index in [1.807, 2.05) is 19.1 Å². The van der Waals surface area contributed by atoms with Gasteiger partial charge in [0.05, 0.1) is 10.5 Å². The number of alkyl halides is 3. The molecule has 1 amide bonds. The molecule has 0 atom stereocenters. The van der Waals surface area contributed by atoms with Gasteiger partial charge in [-0.25, -0.2) is 8.42 Å². The van der Waals surface area contributed by atoms with Gasteiger partial charge in [0.15, 0.2) is 6.61 Å². The standard InChI is InChI=1S/C20H21F3N2O4S/c1-15-4-2-6-17(12-15)29-14-19(26)24-8-10-25(11-9-24)30(27,28)18-7-3-5-16(13-18)20(21,22)23/h2-7,12-13H,8-11,14H2,1H3. The van der Waals surface area contributed by atoms with Gasteiger partial charge in [-0.3, -0.25) is 4.79 Å². The Bertz CT molecular complexity index is 1020. The molecule has 3 rings (SSSR count). The first kappa shape index (κ1) is 22.1. The van der Waals surface area contributed by atoms with Crippen LogP contribution in [0.2, 0.25) is 0 Å². The van der Waals surface area contributed by atoms with E-state index < -0.39 is 26.7 Å². The van der Waals surface area contributed by atoms with E-state index in [2.05, 4.69) is 0 Å². The molecule has 0 N–H and O–H groups in total. The second-order valence-electron chi connectivity index (χ2n) is 6.92. The van der Waals surface area contributed by atoms with Crippen LogP contribution in [0.5, 0.6) is 5.75 Å². The zero-order valence-corrected chi connectivity index (χ0v) is 17.0. The molecule has 1 heterocycles. The molecule has 0 saturated carbocycles. The van der Waals surface area contributed by atoms with Crippen LogP contribution in [0.25, 0.3) is 0 Å². The Labute approximate surface area is 172 Å². The third-order valence-electron chi connectivity index (χ3n) is 4.74. The summed E-state index contributed by atoms with van der Waals surface area (Å²) in [4.78, 5) is 13.4. The molecular weight excluding hydrogens is 421 g/mol. The van der Waals surface area contributed by atoms with Gasteiger partial charge in [0, 0.05) is 26.2 Å². The first-order chi connectivity index (χ1) is 14.1. The fourth-order valence-electron chi connectivity index (χ4n) is 3.10. The van der Waals surface area contributed by atoms with E-state index in [4.69, 9.17) is 4.74 Å². The molecule has 2 aromatic rings. The number of amides is 1. The molecular formula is C20H21F3N2O4S. The van der Waals surface area contributed by atoms with Crippen molar-refractivity contribution in [2.45, 2.75) is 18.0 Å². The van der Waals surface area contributed by atoms with Crippen molar-refractivity contribution < 1.29 is 31.1 Å². The van der Waals surface area contributed by atoms with Crippen LogP contribution in [-0.4, -0.2) is 56.3 Å². The van der Waals surface area contributed by atoms with E-state index in [9.17, 15) is 26.4 Å². The lowest BCUT2D eigenvalue weighted by Gasteiger charge is -2.34. The lowest BCUT2D eigenvalue weighted by Crippen LogP contribution is -2.51. The van der Waals surface area contributed by atoms with Crippen LogP contribution in [0.3, 0.4) is 0 Å². The van der Waals surface area contributed by atoms with Crippen LogP contribution >= 0.6 is 0 Å². The van der Waals surface area contributed by atoms with E-state index in [1.165, 1.54) is 4.90 Å². The highest BCUT2D eigenvalue weighted by Gasteiger charge is 2.34. The summed E-state index contributed by atoms with van der Waals surface area (Å²) in [7, 11) is -4.09. The number of halogens is 3. The highest BCUT2D eigenvalue weighted by atomic mass is 32.2. The number of hydrogen-bond acceptors (Lipinski definition) is 4. The average molecular weight is 442 g/mol. The van der Waals surface area contributed by atoms with Gasteiger partial charge in [0.1, 0.15) is 5.75 Å². The topological polar surface area (TPSA) is 66.9 Å². The normalized spacial score (nSPS) is 15.8. The molecule has 0 aromatic heterocycles. The molecule has 162 valence electrons. The summed E-state index contributed by atoms with van der Waals surface area (Å²) in [5.74, 6) is 0.279. The number of ether oxygens (including phenoxy) is 1. The van der Waals surface area contributed by atoms with E-state index in [1.54, 1.807) is 12.1 Å². The Morgan fingerprint density at radius 1 is 1.03 bits per heavy atom. The minimum Gasteiger partial charge on any atom is -0.484 e. The first-order valence-corrected chi connectivity index (χ1v) is 10.7. The molecule has 0 spiro atoms. The van der Waals surface area contributed by atoms with Gasteiger partial charge in [0.2, 0.25) is 10.0 Å². The fourth-order valence-corrected chi connectivity index (χ4v) is 4.57. The Balaban J connectivity index is 1.60. The quantitative estimate of drug-likeness (QED) is 0.714. The minimum absolute atomic E-state index is 0.00519. The summed E-state index contributed by atoms with van der Waals surface area (Å²) < 4.78 is 70.7. The van der Waals surface area contributed by atoms with Crippen LogP contribution in [0.15, 0.2) is 53.4 Å². The zero-order valence-electron chi connectivity index (χ0n) is 16.2. The Hall–Kier alpha value is -2.59. The molecule has 0 radical (unpaired) electrons. The second-order valence-corrected chi connectivity index (χ2v) is 8.85. The number of carbonyl (C=O) groups is 1. The number of hydrogen-bond donors (Lipinski definition) is 0. The van der Waals surface area contributed by atoms with Gasteiger partial charge in [0.25, 0.3) is 5.91 Å². The lowest BCUT2D eigenvalue weighted by molar-refractivity contribution is -0.138. The van der Waals surface area contributed by atoms with Crippen molar-refractivity contribution in [1.82, 2.24) is 9.21 Å². The molecule has 0 aliphatic carbocycles. The van der Waals surface area contributed by atoms with E-state index in [0.29, 0.717) is 11.8 Å². The number of piperazine rings is 1. The predicted molar refractivity (Wildman–Crippen MR) is 103 cm³/mol. The number of carbonyl (C=O) groups excluding carboxylic acids is 1. The fraction of sp³-hybridized carbons (Fsp3) is 0.350. The maximum absolute atomic E-state index is 12.9. The molecule has 2 aromatic carbocycles. The predicted octanol–water partition coefficient (Wildman–Crippen LogP) is 2.93. The van der Waals surface area contributed by atoms with Gasteiger partial charge < -0.3 is 9.64 Å². The van der Waals surface area contributed by atoms with Gasteiger partial charge in [-0.15, -0.1) is 0 Å². The number of aryl methyl sites for hydroxylation is 1. The Morgan fingerprint density at radius 3 is 2.33 bits per heavy atom. The van der Waals surface area contributed by atoms with Crippen LogP contribution in [0.4, 0.5) is 13.2 Å². The van der Waals surface area contributed by atoms with Crippen molar-refractivity contribution >= 4 is 15.9 Å². The molecule has 0 bridgehead atoms. The summed E-state index contributed by atoms with van der Waals surface area (Å²) in [6.07, 6.45) is -4.63. The summed E-state index contributed by atoms with van der Waals surface area (Å²) in [6, 6.07) is 10.9. The van der Waals surface area contributed by atoms with Crippen molar-refractivity contribution in [3.05, 3.63) is 59.7 Å². The van der Waals surface area contributed by atoms with Crippen LogP contribution in [-0.2, 0) is 21.0 Å². The molecule has 10 heteroatoms. The zero-order chi connectivity index (χ0) is 21.9. The number of rotatable bonds is 5. The third-order valence-corrected chi connectivity index (χ3v) is 6.64. The first-order valence-electron chi connectivity index (χ1n) is 9.22. The second kappa shape index (κ2) is 8.65. The largest absolute Gasteiger partial charge is 0.484 e. The van der Waals surface area contributed by atoms with Gasteiger partial charge in [-0.1, -0.05) is 18.2 Å².